The zero-order chi connectivity index (χ0) is 13.1. The second-order valence-corrected chi connectivity index (χ2v) is 5.58. The van der Waals surface area contributed by atoms with Gasteiger partial charge in [-0.1, -0.05) is 13.0 Å². The zero-order valence-corrected chi connectivity index (χ0v) is 11.7. The highest BCUT2D eigenvalue weighted by molar-refractivity contribution is 5.04. The fraction of sp³-hybridized carbons (Fsp3) is 0.667. The maximum Gasteiger partial charge on any atom is 0.0755 e. The quantitative estimate of drug-likeness (QED) is 0.818. The Kier molecular flexibility index (Phi) is 4.11. The molecule has 2 fully saturated rings. The maximum atomic E-state index is 6.02. The van der Waals surface area contributed by atoms with Crippen molar-refractivity contribution in [3.63, 3.8) is 0 Å². The van der Waals surface area contributed by atoms with E-state index in [0.29, 0.717) is 12.0 Å². The summed E-state index contributed by atoms with van der Waals surface area (Å²) in [7, 11) is 0. The summed E-state index contributed by atoms with van der Waals surface area (Å²) < 4.78 is 6.02. The van der Waals surface area contributed by atoms with E-state index in [1.807, 2.05) is 12.3 Å². The summed E-state index contributed by atoms with van der Waals surface area (Å²) >= 11 is 0. The first kappa shape index (κ1) is 13.0. The van der Waals surface area contributed by atoms with E-state index in [0.717, 1.165) is 45.0 Å². The van der Waals surface area contributed by atoms with Crippen LogP contribution in [0.2, 0.25) is 0 Å². The molecule has 3 heterocycles. The topological polar surface area (TPSA) is 28.6 Å². The Morgan fingerprint density at radius 3 is 2.95 bits per heavy atom. The number of aromatic nitrogens is 1. The Morgan fingerprint density at radius 1 is 1.26 bits per heavy atom. The van der Waals surface area contributed by atoms with Crippen LogP contribution in [0.5, 0.6) is 0 Å². The highest BCUT2D eigenvalue weighted by atomic mass is 16.5. The molecule has 0 spiro atoms. The van der Waals surface area contributed by atoms with Crippen molar-refractivity contribution in [1.29, 1.82) is 0 Å². The van der Waals surface area contributed by atoms with E-state index < -0.39 is 0 Å². The molecule has 2 atom stereocenters. The van der Waals surface area contributed by atoms with E-state index in [-0.39, 0.29) is 0 Å². The second kappa shape index (κ2) is 5.99. The number of likely N-dealkylation sites (N-methyl/N-ethyl adjacent to an activating group) is 1. The molecule has 3 rings (SSSR count). The normalized spacial score (nSPS) is 29.1. The molecule has 2 saturated heterocycles. The lowest BCUT2D eigenvalue weighted by Crippen LogP contribution is -2.32. The van der Waals surface area contributed by atoms with Crippen LogP contribution >= 0.6 is 0 Å². The molecule has 0 aromatic carbocycles. The van der Waals surface area contributed by atoms with Crippen LogP contribution in [0.25, 0.3) is 0 Å². The minimum absolute atomic E-state index is 0.417. The van der Waals surface area contributed by atoms with Gasteiger partial charge in [0, 0.05) is 44.8 Å². The van der Waals surface area contributed by atoms with E-state index in [1.54, 1.807) is 0 Å². The predicted octanol–water partition coefficient (Wildman–Crippen LogP) is 1.23. The van der Waals surface area contributed by atoms with Crippen molar-refractivity contribution in [2.75, 3.05) is 39.3 Å². The predicted molar refractivity (Wildman–Crippen MR) is 74.9 cm³/mol. The van der Waals surface area contributed by atoms with E-state index in [1.165, 1.54) is 6.54 Å². The van der Waals surface area contributed by atoms with Gasteiger partial charge in [0.1, 0.15) is 0 Å². The van der Waals surface area contributed by atoms with Crippen molar-refractivity contribution in [1.82, 2.24) is 14.8 Å². The van der Waals surface area contributed by atoms with Crippen LogP contribution in [0, 0.1) is 5.92 Å². The molecule has 4 nitrogen and oxygen atoms in total. The summed E-state index contributed by atoms with van der Waals surface area (Å²) in [6, 6.07) is 6.14. The number of nitrogens with zero attached hydrogens (tertiary/aromatic N) is 3. The minimum Gasteiger partial charge on any atom is -0.375 e. The van der Waals surface area contributed by atoms with Gasteiger partial charge >= 0.3 is 0 Å². The molecular weight excluding hydrogens is 238 g/mol. The fourth-order valence-electron chi connectivity index (χ4n) is 3.18. The van der Waals surface area contributed by atoms with Crippen LogP contribution in [0.1, 0.15) is 12.6 Å². The van der Waals surface area contributed by atoms with Gasteiger partial charge in [-0.25, -0.2) is 0 Å². The standard InChI is InChI=1S/C15H23N3O/c1-2-17-7-8-19-15-12-18(10-13(15)9-17)11-14-5-3-4-6-16-14/h3-6,13,15H,2,7-12H2,1H3/t13-,15+/m0/s1. The van der Waals surface area contributed by atoms with Gasteiger partial charge in [0.05, 0.1) is 18.4 Å². The number of hydrogen-bond acceptors (Lipinski definition) is 4. The Morgan fingerprint density at radius 2 is 2.16 bits per heavy atom. The number of rotatable bonds is 3. The largest absolute Gasteiger partial charge is 0.375 e. The maximum absolute atomic E-state index is 6.02. The minimum atomic E-state index is 0.417. The van der Waals surface area contributed by atoms with Crippen molar-refractivity contribution < 1.29 is 4.74 Å². The van der Waals surface area contributed by atoms with Crippen LogP contribution in [-0.2, 0) is 11.3 Å². The van der Waals surface area contributed by atoms with E-state index in [4.69, 9.17) is 4.74 Å². The molecule has 4 heteroatoms. The summed E-state index contributed by atoms with van der Waals surface area (Å²) in [5.41, 5.74) is 1.16. The van der Waals surface area contributed by atoms with Gasteiger partial charge in [-0.2, -0.15) is 0 Å². The summed E-state index contributed by atoms with van der Waals surface area (Å²) in [5.74, 6) is 0.658. The Bertz CT molecular complexity index is 398. The van der Waals surface area contributed by atoms with Gasteiger partial charge in [0.15, 0.2) is 0 Å². The molecule has 0 N–H and O–H groups in total. The lowest BCUT2D eigenvalue weighted by atomic mass is 10.1. The van der Waals surface area contributed by atoms with Gasteiger partial charge in [-0.15, -0.1) is 0 Å². The molecule has 1 aromatic heterocycles. The van der Waals surface area contributed by atoms with Crippen LogP contribution in [0.4, 0.5) is 0 Å². The number of ether oxygens (including phenoxy) is 1. The smallest absolute Gasteiger partial charge is 0.0755 e. The lowest BCUT2D eigenvalue weighted by molar-refractivity contribution is 0.0511. The first-order chi connectivity index (χ1) is 9.35. The summed E-state index contributed by atoms with van der Waals surface area (Å²) in [6.07, 6.45) is 2.29. The molecule has 2 aliphatic rings. The first-order valence-electron chi connectivity index (χ1n) is 7.31. The van der Waals surface area contributed by atoms with Crippen LogP contribution < -0.4 is 0 Å². The highest BCUT2D eigenvalue weighted by Crippen LogP contribution is 2.24. The van der Waals surface area contributed by atoms with Crippen molar-refractivity contribution in [2.45, 2.75) is 19.6 Å². The van der Waals surface area contributed by atoms with Crippen molar-refractivity contribution in [2.24, 2.45) is 5.92 Å². The molecule has 104 valence electrons. The molecular formula is C15H23N3O. The van der Waals surface area contributed by atoms with Gasteiger partial charge in [0.2, 0.25) is 0 Å². The third-order valence-electron chi connectivity index (χ3n) is 4.25. The van der Waals surface area contributed by atoms with Crippen LogP contribution in [0.15, 0.2) is 24.4 Å². The van der Waals surface area contributed by atoms with E-state index >= 15 is 0 Å². The molecule has 0 amide bonds. The highest BCUT2D eigenvalue weighted by Gasteiger charge is 2.36. The lowest BCUT2D eigenvalue weighted by Gasteiger charge is -2.21. The Hall–Kier alpha value is -0.970. The second-order valence-electron chi connectivity index (χ2n) is 5.58. The molecule has 0 bridgehead atoms. The molecule has 2 aliphatic heterocycles. The zero-order valence-electron chi connectivity index (χ0n) is 11.7. The molecule has 19 heavy (non-hydrogen) atoms. The van der Waals surface area contributed by atoms with Gasteiger partial charge in [-0.05, 0) is 18.7 Å². The van der Waals surface area contributed by atoms with Crippen molar-refractivity contribution >= 4 is 0 Å². The molecule has 0 aliphatic carbocycles. The SMILES string of the molecule is CCN1CCO[C@@H]2CN(Cc3ccccn3)C[C@@H]2C1. The molecule has 1 aromatic rings. The molecule has 0 radical (unpaired) electrons. The fourth-order valence-corrected chi connectivity index (χ4v) is 3.18. The molecule has 0 unspecified atom stereocenters. The number of fused-ring (bicyclic) bond motifs is 1. The van der Waals surface area contributed by atoms with Crippen LogP contribution in [-0.4, -0.2) is 60.2 Å². The third-order valence-corrected chi connectivity index (χ3v) is 4.25. The van der Waals surface area contributed by atoms with Crippen molar-refractivity contribution in [3.05, 3.63) is 30.1 Å². The van der Waals surface area contributed by atoms with E-state index in [2.05, 4.69) is 33.8 Å². The first-order valence-corrected chi connectivity index (χ1v) is 7.31. The number of likely N-dealkylation sites (tertiary alicyclic amines) is 1. The summed E-state index contributed by atoms with van der Waals surface area (Å²) in [6.45, 7) is 9.66. The average molecular weight is 261 g/mol. The summed E-state index contributed by atoms with van der Waals surface area (Å²) in [5, 5.41) is 0. The number of hydrogen-bond donors (Lipinski definition) is 0. The average Bonchev–Trinajstić information content (AvgIpc) is 2.70. The molecule has 0 saturated carbocycles. The van der Waals surface area contributed by atoms with Crippen LogP contribution in [0.3, 0.4) is 0 Å². The Balaban J connectivity index is 1.60. The van der Waals surface area contributed by atoms with Gasteiger partial charge < -0.3 is 9.64 Å². The summed E-state index contributed by atoms with van der Waals surface area (Å²) in [4.78, 5) is 9.41. The van der Waals surface area contributed by atoms with Gasteiger partial charge in [-0.3, -0.25) is 9.88 Å². The van der Waals surface area contributed by atoms with E-state index in [9.17, 15) is 0 Å². The van der Waals surface area contributed by atoms with Gasteiger partial charge in [0.25, 0.3) is 0 Å². The van der Waals surface area contributed by atoms with Crippen molar-refractivity contribution in [3.8, 4) is 0 Å². The third kappa shape index (κ3) is 3.14. The monoisotopic (exact) mass is 261 g/mol. The Labute approximate surface area is 115 Å². The number of pyridine rings is 1.